The largest absolute Gasteiger partial charge is 0.355 e. The van der Waals surface area contributed by atoms with Crippen LogP contribution >= 0.6 is 0 Å². The second-order valence-electron chi connectivity index (χ2n) is 4.93. The lowest BCUT2D eigenvalue weighted by Crippen LogP contribution is -2.42. The Morgan fingerprint density at radius 2 is 2.11 bits per heavy atom. The minimum atomic E-state index is -0.511. The van der Waals surface area contributed by atoms with E-state index in [9.17, 15) is 4.79 Å². The van der Waals surface area contributed by atoms with Crippen LogP contribution in [0, 0.1) is 0 Å². The van der Waals surface area contributed by atoms with E-state index in [0.29, 0.717) is 6.42 Å². The predicted octanol–water partition coefficient (Wildman–Crippen LogP) is 1.76. The molecule has 0 fully saturated rings. The van der Waals surface area contributed by atoms with Gasteiger partial charge in [0.1, 0.15) is 0 Å². The molecule has 0 radical (unpaired) electrons. The van der Waals surface area contributed by atoms with Gasteiger partial charge in [0.15, 0.2) is 0 Å². The normalized spacial score (nSPS) is 12.3. The van der Waals surface area contributed by atoms with Gasteiger partial charge in [0.25, 0.3) is 0 Å². The van der Waals surface area contributed by atoms with Crippen LogP contribution in [0.15, 0.2) is 12.5 Å². The summed E-state index contributed by atoms with van der Waals surface area (Å²) >= 11 is 0. The molecule has 0 saturated heterocycles. The number of aromatic amines is 1. The van der Waals surface area contributed by atoms with Crippen LogP contribution in [0.25, 0.3) is 0 Å². The van der Waals surface area contributed by atoms with E-state index in [2.05, 4.69) is 22.2 Å². The number of rotatable bonds is 10. The van der Waals surface area contributed by atoms with E-state index in [4.69, 9.17) is 5.73 Å². The molecule has 1 heterocycles. The first-order valence-corrected chi connectivity index (χ1v) is 7.25. The number of nitrogens with two attached hydrogens (primary N) is 1. The molecule has 0 saturated carbocycles. The lowest BCUT2D eigenvalue weighted by Gasteiger charge is -2.10. The molecule has 0 spiro atoms. The number of carbonyl (C=O) groups excluding carboxylic acids is 1. The molecule has 1 amide bonds. The second kappa shape index (κ2) is 9.55. The van der Waals surface area contributed by atoms with Gasteiger partial charge in [-0.25, -0.2) is 4.98 Å². The topological polar surface area (TPSA) is 83.8 Å². The molecular formula is C14H26N4O. The minimum absolute atomic E-state index is 0.0865. The van der Waals surface area contributed by atoms with Gasteiger partial charge in [-0.2, -0.15) is 0 Å². The van der Waals surface area contributed by atoms with Crippen LogP contribution in [0.5, 0.6) is 0 Å². The van der Waals surface area contributed by atoms with E-state index >= 15 is 0 Å². The van der Waals surface area contributed by atoms with E-state index in [0.717, 1.165) is 18.7 Å². The van der Waals surface area contributed by atoms with Crippen molar-refractivity contribution in [3.63, 3.8) is 0 Å². The fourth-order valence-electron chi connectivity index (χ4n) is 1.97. The monoisotopic (exact) mass is 266 g/mol. The van der Waals surface area contributed by atoms with Gasteiger partial charge in [-0.1, -0.05) is 39.0 Å². The molecule has 5 heteroatoms. The predicted molar refractivity (Wildman–Crippen MR) is 76.7 cm³/mol. The average molecular weight is 266 g/mol. The van der Waals surface area contributed by atoms with Gasteiger partial charge in [0.05, 0.1) is 18.1 Å². The Bertz CT molecular complexity index is 337. The van der Waals surface area contributed by atoms with E-state index in [-0.39, 0.29) is 5.91 Å². The van der Waals surface area contributed by atoms with Crippen LogP contribution in [0.3, 0.4) is 0 Å². The van der Waals surface area contributed by atoms with Crippen molar-refractivity contribution in [2.24, 2.45) is 5.73 Å². The van der Waals surface area contributed by atoms with Gasteiger partial charge in [-0.15, -0.1) is 0 Å². The number of hydrogen-bond donors (Lipinski definition) is 3. The van der Waals surface area contributed by atoms with Crippen LogP contribution < -0.4 is 11.1 Å². The summed E-state index contributed by atoms with van der Waals surface area (Å²) in [5, 5.41) is 2.88. The fraction of sp³-hybridized carbons (Fsp3) is 0.714. The van der Waals surface area contributed by atoms with Crippen LogP contribution in [-0.2, 0) is 11.2 Å². The SMILES string of the molecule is CCCCCCCCNC(=O)C(N)Cc1c[nH]cn1. The summed E-state index contributed by atoms with van der Waals surface area (Å²) in [7, 11) is 0. The third-order valence-electron chi connectivity index (χ3n) is 3.15. The number of nitrogens with one attached hydrogen (secondary N) is 2. The maximum absolute atomic E-state index is 11.7. The summed E-state index contributed by atoms with van der Waals surface area (Å²) in [6.07, 6.45) is 11.2. The van der Waals surface area contributed by atoms with Gasteiger partial charge in [0.2, 0.25) is 5.91 Å². The Labute approximate surface area is 115 Å². The van der Waals surface area contributed by atoms with Crippen molar-refractivity contribution < 1.29 is 4.79 Å². The zero-order chi connectivity index (χ0) is 13.9. The molecule has 0 bridgehead atoms. The second-order valence-corrected chi connectivity index (χ2v) is 4.93. The number of H-pyrrole nitrogens is 1. The molecule has 0 aliphatic carbocycles. The summed E-state index contributed by atoms with van der Waals surface area (Å²) in [4.78, 5) is 18.6. The molecule has 1 atom stereocenters. The van der Waals surface area contributed by atoms with Gasteiger partial charge in [-0.3, -0.25) is 4.79 Å². The van der Waals surface area contributed by atoms with Gasteiger partial charge < -0.3 is 16.0 Å². The number of imidazole rings is 1. The van der Waals surface area contributed by atoms with Crippen molar-refractivity contribution in [2.45, 2.75) is 57.9 Å². The maximum atomic E-state index is 11.7. The first-order chi connectivity index (χ1) is 9.24. The van der Waals surface area contributed by atoms with Crippen LogP contribution in [0.1, 0.15) is 51.1 Å². The minimum Gasteiger partial charge on any atom is -0.355 e. The number of aromatic nitrogens is 2. The quantitative estimate of drug-likeness (QED) is 0.564. The third-order valence-corrected chi connectivity index (χ3v) is 3.15. The molecule has 4 N–H and O–H groups in total. The van der Waals surface area contributed by atoms with Crippen molar-refractivity contribution in [2.75, 3.05) is 6.54 Å². The van der Waals surface area contributed by atoms with Crippen molar-refractivity contribution in [3.05, 3.63) is 18.2 Å². The summed E-state index contributed by atoms with van der Waals surface area (Å²) in [5.41, 5.74) is 6.64. The first-order valence-electron chi connectivity index (χ1n) is 7.25. The standard InChI is InChI=1S/C14H26N4O/c1-2-3-4-5-6-7-8-17-14(19)13(15)9-12-10-16-11-18-12/h10-11,13H,2-9,15H2,1H3,(H,16,18)(H,17,19). The van der Waals surface area contributed by atoms with Crippen molar-refractivity contribution in [1.29, 1.82) is 0 Å². The molecule has 0 aliphatic heterocycles. The summed E-state index contributed by atoms with van der Waals surface area (Å²) in [6.45, 7) is 2.93. The van der Waals surface area contributed by atoms with Crippen LogP contribution in [0.4, 0.5) is 0 Å². The molecular weight excluding hydrogens is 240 g/mol. The highest BCUT2D eigenvalue weighted by atomic mass is 16.2. The smallest absolute Gasteiger partial charge is 0.237 e. The Hall–Kier alpha value is -1.36. The lowest BCUT2D eigenvalue weighted by atomic mass is 10.1. The highest BCUT2D eigenvalue weighted by Gasteiger charge is 2.14. The number of nitrogens with zero attached hydrogens (tertiary/aromatic N) is 1. The average Bonchev–Trinajstić information content (AvgIpc) is 2.90. The zero-order valence-corrected chi connectivity index (χ0v) is 11.8. The van der Waals surface area contributed by atoms with Gasteiger partial charge in [-0.05, 0) is 6.42 Å². The number of unbranched alkanes of at least 4 members (excludes halogenated alkanes) is 5. The van der Waals surface area contributed by atoms with Gasteiger partial charge in [0, 0.05) is 19.2 Å². The summed E-state index contributed by atoms with van der Waals surface area (Å²) < 4.78 is 0. The molecule has 1 unspecified atom stereocenters. The Morgan fingerprint density at radius 3 is 2.79 bits per heavy atom. The van der Waals surface area contributed by atoms with Crippen molar-refractivity contribution in [3.8, 4) is 0 Å². The molecule has 108 valence electrons. The highest BCUT2D eigenvalue weighted by Crippen LogP contribution is 2.04. The Kier molecular flexibility index (Phi) is 7.89. The first kappa shape index (κ1) is 15.7. The lowest BCUT2D eigenvalue weighted by molar-refractivity contribution is -0.122. The summed E-state index contributed by atoms with van der Waals surface area (Å²) in [6, 6.07) is -0.511. The number of amides is 1. The molecule has 1 aromatic heterocycles. The number of carbonyl (C=O) groups is 1. The Morgan fingerprint density at radius 1 is 1.37 bits per heavy atom. The Balaban J connectivity index is 2.03. The number of hydrogen-bond acceptors (Lipinski definition) is 3. The third kappa shape index (κ3) is 6.96. The van der Waals surface area contributed by atoms with Crippen LogP contribution in [0.2, 0.25) is 0 Å². The van der Waals surface area contributed by atoms with Crippen molar-refractivity contribution in [1.82, 2.24) is 15.3 Å². The fourth-order valence-corrected chi connectivity index (χ4v) is 1.97. The summed E-state index contributed by atoms with van der Waals surface area (Å²) in [5.74, 6) is -0.0865. The molecule has 19 heavy (non-hydrogen) atoms. The van der Waals surface area contributed by atoms with E-state index < -0.39 is 6.04 Å². The van der Waals surface area contributed by atoms with Gasteiger partial charge >= 0.3 is 0 Å². The molecule has 5 nitrogen and oxygen atoms in total. The highest BCUT2D eigenvalue weighted by molar-refractivity contribution is 5.81. The molecule has 0 aliphatic rings. The molecule has 0 aromatic carbocycles. The van der Waals surface area contributed by atoms with Crippen molar-refractivity contribution >= 4 is 5.91 Å². The maximum Gasteiger partial charge on any atom is 0.237 e. The van der Waals surface area contributed by atoms with Crippen LogP contribution in [-0.4, -0.2) is 28.5 Å². The van der Waals surface area contributed by atoms with E-state index in [1.165, 1.54) is 32.1 Å². The molecule has 1 aromatic rings. The zero-order valence-electron chi connectivity index (χ0n) is 11.8. The van der Waals surface area contributed by atoms with E-state index in [1.54, 1.807) is 12.5 Å². The van der Waals surface area contributed by atoms with E-state index in [1.807, 2.05) is 0 Å². The molecule has 1 rings (SSSR count).